The van der Waals surface area contributed by atoms with Crippen LogP contribution in [0.1, 0.15) is 31.2 Å². The van der Waals surface area contributed by atoms with Gasteiger partial charge in [-0.25, -0.2) is 0 Å². The van der Waals surface area contributed by atoms with Crippen LogP contribution in [0.15, 0.2) is 52.1 Å². The van der Waals surface area contributed by atoms with Crippen LogP contribution < -0.4 is 15.4 Å². The van der Waals surface area contributed by atoms with Gasteiger partial charge in [0.15, 0.2) is 5.96 Å². The first-order valence-corrected chi connectivity index (χ1v) is 9.33. The summed E-state index contributed by atoms with van der Waals surface area (Å²) in [6.07, 6.45) is 1.67. The van der Waals surface area contributed by atoms with Crippen molar-refractivity contribution >= 4 is 5.96 Å². The first-order valence-electron chi connectivity index (χ1n) is 9.33. The summed E-state index contributed by atoms with van der Waals surface area (Å²) in [5.41, 5.74) is 0.622. The van der Waals surface area contributed by atoms with E-state index in [1.165, 1.54) is 6.07 Å². The maximum Gasteiger partial charge on any atom is 0.387 e. The quantitative estimate of drug-likeness (QED) is 0.476. The van der Waals surface area contributed by atoms with E-state index < -0.39 is 6.61 Å². The van der Waals surface area contributed by atoms with Gasteiger partial charge in [-0.05, 0) is 31.3 Å². The van der Waals surface area contributed by atoms with Gasteiger partial charge in [0, 0.05) is 25.7 Å². The molecule has 0 aliphatic heterocycles. The summed E-state index contributed by atoms with van der Waals surface area (Å²) in [6, 6.07) is 10.6. The van der Waals surface area contributed by atoms with Crippen LogP contribution >= 0.6 is 0 Å². The van der Waals surface area contributed by atoms with Gasteiger partial charge in [-0.3, -0.25) is 9.89 Å². The topological polar surface area (TPSA) is 62.0 Å². The largest absolute Gasteiger partial charge is 0.468 e. The third kappa shape index (κ3) is 6.23. The summed E-state index contributed by atoms with van der Waals surface area (Å²) in [4.78, 5) is 6.50. The molecule has 2 rings (SSSR count). The maximum atomic E-state index is 12.6. The average molecular weight is 394 g/mol. The van der Waals surface area contributed by atoms with Crippen LogP contribution in [-0.4, -0.2) is 44.2 Å². The minimum atomic E-state index is -2.86. The maximum absolute atomic E-state index is 12.6. The van der Waals surface area contributed by atoms with Crippen molar-refractivity contribution in [3.05, 3.63) is 54.0 Å². The number of halogens is 2. The van der Waals surface area contributed by atoms with E-state index in [0.717, 1.165) is 18.8 Å². The van der Waals surface area contributed by atoms with E-state index in [1.807, 2.05) is 12.1 Å². The number of furan rings is 1. The Morgan fingerprint density at radius 3 is 2.50 bits per heavy atom. The van der Waals surface area contributed by atoms with E-state index in [2.05, 4.69) is 39.1 Å². The summed E-state index contributed by atoms with van der Waals surface area (Å²) in [7, 11) is 1.66. The highest BCUT2D eigenvalue weighted by Crippen LogP contribution is 2.21. The van der Waals surface area contributed by atoms with Crippen molar-refractivity contribution < 1.29 is 17.9 Å². The number of alkyl halides is 2. The van der Waals surface area contributed by atoms with Crippen molar-refractivity contribution in [3.63, 3.8) is 0 Å². The van der Waals surface area contributed by atoms with E-state index in [-0.39, 0.29) is 11.8 Å². The minimum Gasteiger partial charge on any atom is -0.468 e. The van der Waals surface area contributed by atoms with Crippen molar-refractivity contribution in [2.45, 2.75) is 33.0 Å². The molecule has 0 radical (unpaired) electrons. The van der Waals surface area contributed by atoms with E-state index in [1.54, 1.807) is 31.5 Å². The number of likely N-dealkylation sites (N-methyl/N-ethyl adjacent to an activating group) is 1. The lowest BCUT2D eigenvalue weighted by Gasteiger charge is -2.28. The number of aliphatic imine (C=N–C) groups is 1. The second kappa shape index (κ2) is 11.3. The highest BCUT2D eigenvalue weighted by Gasteiger charge is 2.21. The third-order valence-corrected chi connectivity index (χ3v) is 4.45. The molecule has 2 aromatic rings. The highest BCUT2D eigenvalue weighted by molar-refractivity contribution is 5.79. The van der Waals surface area contributed by atoms with Crippen LogP contribution in [0.3, 0.4) is 0 Å². The van der Waals surface area contributed by atoms with Gasteiger partial charge in [0.2, 0.25) is 0 Å². The van der Waals surface area contributed by atoms with Gasteiger partial charge < -0.3 is 19.8 Å². The number of benzene rings is 1. The molecule has 0 saturated carbocycles. The summed E-state index contributed by atoms with van der Waals surface area (Å²) in [5.74, 6) is 1.59. The Balaban J connectivity index is 1.99. The molecule has 0 amide bonds. The van der Waals surface area contributed by atoms with Crippen LogP contribution in [-0.2, 0) is 6.54 Å². The van der Waals surface area contributed by atoms with Gasteiger partial charge in [0.1, 0.15) is 11.5 Å². The second-order valence-corrected chi connectivity index (χ2v) is 6.05. The Hall–Kier alpha value is -2.61. The van der Waals surface area contributed by atoms with Gasteiger partial charge in [-0.1, -0.05) is 32.0 Å². The molecule has 0 saturated heterocycles. The Kier molecular flexibility index (Phi) is 8.74. The molecule has 6 nitrogen and oxygen atoms in total. The van der Waals surface area contributed by atoms with Gasteiger partial charge in [-0.2, -0.15) is 8.78 Å². The smallest absolute Gasteiger partial charge is 0.387 e. The van der Waals surface area contributed by atoms with Gasteiger partial charge in [-0.15, -0.1) is 0 Å². The lowest BCUT2D eigenvalue weighted by molar-refractivity contribution is -0.0504. The van der Waals surface area contributed by atoms with Crippen molar-refractivity contribution in [2.24, 2.45) is 4.99 Å². The summed E-state index contributed by atoms with van der Waals surface area (Å²) < 4.78 is 35.3. The number of hydrogen-bond donors (Lipinski definition) is 2. The molecule has 1 heterocycles. The molecule has 0 aliphatic carbocycles. The van der Waals surface area contributed by atoms with E-state index in [9.17, 15) is 8.78 Å². The normalized spacial score (nSPS) is 13.0. The van der Waals surface area contributed by atoms with Crippen molar-refractivity contribution in [1.82, 2.24) is 15.5 Å². The molecule has 1 unspecified atom stereocenters. The van der Waals surface area contributed by atoms with Gasteiger partial charge in [0.05, 0.1) is 12.3 Å². The van der Waals surface area contributed by atoms with Gasteiger partial charge in [0.25, 0.3) is 0 Å². The van der Waals surface area contributed by atoms with Crippen LogP contribution in [0.2, 0.25) is 0 Å². The summed E-state index contributed by atoms with van der Waals surface area (Å²) >= 11 is 0. The molecule has 1 atom stereocenters. The van der Waals surface area contributed by atoms with E-state index in [4.69, 9.17) is 4.42 Å². The molecule has 28 heavy (non-hydrogen) atoms. The molecule has 1 aromatic heterocycles. The molecular formula is C20H28F2N4O2. The zero-order chi connectivity index (χ0) is 20.4. The van der Waals surface area contributed by atoms with Crippen molar-refractivity contribution in [3.8, 4) is 5.75 Å². The molecule has 154 valence electrons. The number of nitrogens with zero attached hydrogens (tertiary/aromatic N) is 2. The lowest BCUT2D eigenvalue weighted by atomic mass is 10.2. The lowest BCUT2D eigenvalue weighted by Crippen LogP contribution is -2.43. The Labute approximate surface area is 164 Å². The van der Waals surface area contributed by atoms with Crippen LogP contribution in [0, 0.1) is 0 Å². The van der Waals surface area contributed by atoms with E-state index in [0.29, 0.717) is 24.6 Å². The first kappa shape index (κ1) is 21.7. The molecule has 0 fully saturated rings. The number of guanidine groups is 1. The van der Waals surface area contributed by atoms with Crippen molar-refractivity contribution in [1.29, 1.82) is 0 Å². The molecule has 0 spiro atoms. The predicted molar refractivity (Wildman–Crippen MR) is 106 cm³/mol. The fraction of sp³-hybridized carbons (Fsp3) is 0.450. The Morgan fingerprint density at radius 1 is 1.14 bits per heavy atom. The van der Waals surface area contributed by atoms with Crippen LogP contribution in [0.5, 0.6) is 5.75 Å². The average Bonchev–Trinajstić information content (AvgIpc) is 3.22. The van der Waals surface area contributed by atoms with Crippen molar-refractivity contribution in [2.75, 3.05) is 26.7 Å². The monoisotopic (exact) mass is 394 g/mol. The number of hydrogen-bond acceptors (Lipinski definition) is 4. The molecule has 1 aromatic carbocycles. The Morgan fingerprint density at radius 2 is 1.89 bits per heavy atom. The highest BCUT2D eigenvalue weighted by atomic mass is 19.3. The summed E-state index contributed by atoms with van der Waals surface area (Å²) in [6.45, 7) is 4.01. The fourth-order valence-corrected chi connectivity index (χ4v) is 3.01. The predicted octanol–water partition coefficient (Wildman–Crippen LogP) is 3.63. The molecule has 0 bridgehead atoms. The minimum absolute atomic E-state index is 0.0537. The SMILES string of the molecule is CCN(CC)C(CNC(=NC)NCc1ccccc1OC(F)F)c1ccco1. The third-order valence-electron chi connectivity index (χ3n) is 4.45. The molecular weight excluding hydrogens is 366 g/mol. The number of para-hydroxylation sites is 1. The van der Waals surface area contributed by atoms with Gasteiger partial charge >= 0.3 is 6.61 Å². The number of ether oxygens (including phenoxy) is 1. The second-order valence-electron chi connectivity index (χ2n) is 6.05. The zero-order valence-corrected chi connectivity index (χ0v) is 16.5. The molecule has 2 N–H and O–H groups in total. The first-order chi connectivity index (χ1) is 13.6. The fourth-order valence-electron chi connectivity index (χ4n) is 3.01. The Bertz CT molecular complexity index is 719. The number of nitrogens with one attached hydrogen (secondary N) is 2. The van der Waals surface area contributed by atoms with E-state index >= 15 is 0 Å². The number of rotatable bonds is 10. The summed E-state index contributed by atoms with van der Waals surface area (Å²) in [5, 5.41) is 6.43. The zero-order valence-electron chi connectivity index (χ0n) is 16.5. The molecule has 8 heteroatoms. The molecule has 0 aliphatic rings. The van der Waals surface area contributed by atoms with Crippen LogP contribution in [0.4, 0.5) is 8.78 Å². The van der Waals surface area contributed by atoms with Crippen LogP contribution in [0.25, 0.3) is 0 Å². The standard InChI is InChI=1S/C20H28F2N4O2/c1-4-26(5-2)16(18-11-8-12-27-18)14-25-20(23-3)24-13-15-9-6-7-10-17(15)28-19(21)22/h6-12,16,19H,4-5,13-14H2,1-3H3,(H2,23,24,25).